The molecule has 0 heterocycles. The molecule has 88 heavy (non-hydrogen) atoms. The lowest BCUT2D eigenvalue weighted by molar-refractivity contribution is 0.306. The molecule has 0 aromatic heterocycles. The van der Waals surface area contributed by atoms with E-state index in [9.17, 15) is 0 Å². The zero-order chi connectivity index (χ0) is 58.6. The number of unbranched alkanes of at least 4 members (excludes halogenated alkanes) is 1. The number of hydrogen-bond acceptors (Lipinski definition) is 8. The summed E-state index contributed by atoms with van der Waals surface area (Å²) in [5.74, 6) is 3.71. The first-order valence-corrected chi connectivity index (χ1v) is 30.4. The van der Waals surface area contributed by atoms with E-state index in [1.165, 1.54) is 69.3 Å². The lowest BCUT2D eigenvalue weighted by Crippen LogP contribution is -2.18. The highest BCUT2D eigenvalue weighted by Crippen LogP contribution is 2.18. The molecule has 0 amide bonds. The van der Waals surface area contributed by atoms with Gasteiger partial charge >= 0.3 is 0 Å². The van der Waals surface area contributed by atoms with Crippen molar-refractivity contribution in [2.24, 2.45) is 0 Å². The molecule has 0 saturated carbocycles. The van der Waals surface area contributed by atoms with Crippen LogP contribution >= 0.6 is 49.6 Å². The van der Waals surface area contributed by atoms with Gasteiger partial charge in [0, 0.05) is 6.54 Å². The Morgan fingerprint density at radius 2 is 0.500 bits per heavy atom. The van der Waals surface area contributed by atoms with Gasteiger partial charge in [0.2, 0.25) is 0 Å². The van der Waals surface area contributed by atoms with Crippen LogP contribution in [0.3, 0.4) is 0 Å². The van der Waals surface area contributed by atoms with Crippen LogP contribution in [0.15, 0.2) is 249 Å². The van der Waals surface area contributed by atoms with Crippen molar-refractivity contribution in [3.63, 3.8) is 0 Å². The highest BCUT2D eigenvalue weighted by atomic mass is 35.5. The fraction of sp³-hybridized carbons (Fsp3) is 0.289. The average Bonchev–Trinajstić information content (AvgIpc) is 3.74. The maximum absolute atomic E-state index is 5.81. The molecule has 0 spiro atoms. The van der Waals surface area contributed by atoms with Crippen molar-refractivity contribution in [3.05, 3.63) is 299 Å². The Morgan fingerprint density at radius 3 is 0.773 bits per heavy atom. The van der Waals surface area contributed by atoms with E-state index in [2.05, 4.69) is 200 Å². The van der Waals surface area contributed by atoms with E-state index < -0.39 is 0 Å². The van der Waals surface area contributed by atoms with Gasteiger partial charge in [-0.3, -0.25) is 0 Å². The summed E-state index contributed by atoms with van der Waals surface area (Å²) in [6, 6.07) is 85.0. The quantitative estimate of drug-likeness (QED) is 0.0311. The van der Waals surface area contributed by atoms with Crippen molar-refractivity contribution in [2.75, 3.05) is 45.8 Å². The second-order valence-corrected chi connectivity index (χ2v) is 20.5. The molecule has 9 aromatic carbocycles. The summed E-state index contributed by atoms with van der Waals surface area (Å²) in [5, 5.41) is 13.7. The van der Waals surface area contributed by atoms with E-state index >= 15 is 0 Å². The van der Waals surface area contributed by atoms with Crippen LogP contribution in [0.25, 0.3) is 0 Å². The number of hydrogen-bond donors (Lipinski definition) is 4. The monoisotopic (exact) mass is 1270 g/mol. The first kappa shape index (κ1) is 77.3. The van der Waals surface area contributed by atoms with Gasteiger partial charge in [-0.1, -0.05) is 227 Å². The van der Waals surface area contributed by atoms with Gasteiger partial charge in [0.05, 0.1) is 0 Å². The van der Waals surface area contributed by atoms with Crippen molar-refractivity contribution in [1.29, 1.82) is 0 Å². The Bertz CT molecular complexity index is 2990. The molecule has 0 aliphatic carbocycles. The van der Waals surface area contributed by atoms with Crippen molar-refractivity contribution >= 4 is 49.6 Å². The smallest absolute Gasteiger partial charge is 0.119 e. The van der Waals surface area contributed by atoms with Crippen molar-refractivity contribution in [3.8, 4) is 23.0 Å². The van der Waals surface area contributed by atoms with Gasteiger partial charge in [-0.05, 0) is 183 Å². The second kappa shape index (κ2) is 50.1. The van der Waals surface area contributed by atoms with Crippen LogP contribution in [0, 0.1) is 0 Å². The molecule has 9 rings (SSSR count). The summed E-state index contributed by atoms with van der Waals surface area (Å²) in [7, 11) is 0. The number of rotatable bonds is 32. The number of nitrogens with one attached hydrogen (secondary N) is 4. The van der Waals surface area contributed by atoms with E-state index in [0.717, 1.165) is 101 Å². The van der Waals surface area contributed by atoms with Gasteiger partial charge in [0.1, 0.15) is 49.4 Å². The SMILES string of the molecule is CCCCNCCc1ccc(OCc2ccccc2)cc1.CCCNCCc1ccc(OCc2ccccc2)cc1.CCNCCc1ccc(OCc2ccccc2)cc1.Cl.Cl.Cl.Cl.c1ccc(CNCCc2ccc(OCc3ccccc3)cc2)cc1. The van der Waals surface area contributed by atoms with Gasteiger partial charge in [0.25, 0.3) is 0 Å². The van der Waals surface area contributed by atoms with E-state index in [1.54, 1.807) is 0 Å². The van der Waals surface area contributed by atoms with E-state index in [-0.39, 0.29) is 49.6 Å². The number of ether oxygens (including phenoxy) is 4. The van der Waals surface area contributed by atoms with Gasteiger partial charge < -0.3 is 40.2 Å². The third kappa shape index (κ3) is 34.7. The van der Waals surface area contributed by atoms with E-state index in [1.807, 2.05) is 91.0 Å². The molecule has 4 N–H and O–H groups in total. The molecule has 8 nitrogen and oxygen atoms in total. The fourth-order valence-electron chi connectivity index (χ4n) is 8.64. The number of benzene rings is 9. The van der Waals surface area contributed by atoms with Gasteiger partial charge in [0.15, 0.2) is 0 Å². The van der Waals surface area contributed by atoms with Gasteiger partial charge in [-0.25, -0.2) is 0 Å². The molecule has 0 bridgehead atoms. The highest BCUT2D eigenvalue weighted by molar-refractivity contribution is 5.86. The molecule has 0 unspecified atom stereocenters. The van der Waals surface area contributed by atoms with Crippen LogP contribution in [0.2, 0.25) is 0 Å². The summed E-state index contributed by atoms with van der Waals surface area (Å²) in [4.78, 5) is 0. The lowest BCUT2D eigenvalue weighted by Gasteiger charge is -2.08. The number of likely N-dealkylation sites (N-methyl/N-ethyl adjacent to an activating group) is 1. The normalized spacial score (nSPS) is 9.99. The van der Waals surface area contributed by atoms with Crippen molar-refractivity contribution in [1.82, 2.24) is 21.3 Å². The standard InChI is InChI=1S/C22H23NO.C19H25NO.C18H23NO.C17H21NO.4ClH/c1-3-7-20(8-4-1)17-23-16-15-19-11-13-22(14-12-19)24-18-21-9-5-2-6-10-21;1-2-3-14-20-15-13-17-9-11-19(12-10-17)21-16-18-7-5-4-6-8-18;1-2-13-19-14-12-16-8-10-18(11-9-16)20-15-17-6-4-3-5-7-17;1-2-18-13-12-15-8-10-17(11-9-15)19-14-16-6-4-3-5-7-16;;;;/h1-14,23H,15-18H2;4-12,20H,2-3,13-16H2,1H3;3-11,19H,2,12-15H2,1H3;3-11,18H,2,12-14H2,1H3;4*1H. The summed E-state index contributed by atoms with van der Waals surface area (Å²) < 4.78 is 23.1. The van der Waals surface area contributed by atoms with Crippen molar-refractivity contribution in [2.45, 2.75) is 98.7 Å². The Labute approximate surface area is 552 Å². The summed E-state index contributed by atoms with van der Waals surface area (Å²) in [6.07, 6.45) is 7.92. The Morgan fingerprint density at radius 1 is 0.239 bits per heavy atom. The summed E-state index contributed by atoms with van der Waals surface area (Å²) in [5.41, 5.74) is 11.5. The van der Waals surface area contributed by atoms with Gasteiger partial charge in [-0.2, -0.15) is 0 Å². The third-order valence-corrected chi connectivity index (χ3v) is 13.6. The minimum absolute atomic E-state index is 0. The van der Waals surface area contributed by atoms with Crippen molar-refractivity contribution < 1.29 is 18.9 Å². The molecular formula is C76H96Cl4N4O4. The van der Waals surface area contributed by atoms with E-state index in [0.29, 0.717) is 26.4 Å². The Balaban J connectivity index is 0.000000396. The van der Waals surface area contributed by atoms with Gasteiger partial charge in [-0.15, -0.1) is 49.6 Å². The molecule has 472 valence electrons. The minimum Gasteiger partial charge on any atom is -0.489 e. The largest absolute Gasteiger partial charge is 0.489 e. The van der Waals surface area contributed by atoms with Crippen LogP contribution < -0.4 is 40.2 Å². The van der Waals surface area contributed by atoms with Crippen LogP contribution in [-0.4, -0.2) is 45.8 Å². The average molecular weight is 1270 g/mol. The Kier molecular flexibility index (Phi) is 44.0. The molecule has 0 radical (unpaired) electrons. The highest BCUT2D eigenvalue weighted by Gasteiger charge is 2.02. The minimum atomic E-state index is 0. The molecule has 0 atom stereocenters. The molecule has 0 fully saturated rings. The summed E-state index contributed by atoms with van der Waals surface area (Å²) >= 11 is 0. The van der Waals surface area contributed by atoms with Crippen LogP contribution in [-0.2, 0) is 58.7 Å². The molecule has 0 aliphatic heterocycles. The lowest BCUT2D eigenvalue weighted by atomic mass is 10.1. The zero-order valence-corrected chi connectivity index (χ0v) is 55.1. The zero-order valence-electron chi connectivity index (χ0n) is 51.9. The Hall–Kier alpha value is -6.82. The molecule has 0 aliphatic rings. The predicted molar refractivity (Wildman–Crippen MR) is 380 cm³/mol. The first-order valence-electron chi connectivity index (χ1n) is 30.4. The number of halogens is 4. The summed E-state index contributed by atoms with van der Waals surface area (Å²) in [6.45, 7) is 17.3. The molecular weight excluding hydrogens is 1170 g/mol. The molecule has 12 heteroatoms. The molecule has 9 aromatic rings. The second-order valence-electron chi connectivity index (χ2n) is 20.5. The maximum Gasteiger partial charge on any atom is 0.119 e. The third-order valence-electron chi connectivity index (χ3n) is 13.6. The maximum atomic E-state index is 5.81. The van der Waals surface area contributed by atoms with Crippen LogP contribution in [0.5, 0.6) is 23.0 Å². The van der Waals surface area contributed by atoms with Crippen LogP contribution in [0.4, 0.5) is 0 Å². The fourth-order valence-corrected chi connectivity index (χ4v) is 8.64. The topological polar surface area (TPSA) is 85.0 Å². The molecule has 0 saturated heterocycles. The van der Waals surface area contributed by atoms with Crippen LogP contribution in [0.1, 0.15) is 90.1 Å². The predicted octanol–water partition coefficient (Wildman–Crippen LogP) is 17.7. The first-order chi connectivity index (χ1) is 41.5. The van der Waals surface area contributed by atoms with E-state index in [4.69, 9.17) is 18.9 Å².